The molecule has 1 aliphatic heterocycles. The van der Waals surface area contributed by atoms with Crippen molar-refractivity contribution in [3.05, 3.63) is 70.3 Å². The van der Waals surface area contributed by atoms with Gasteiger partial charge < -0.3 is 4.90 Å². The van der Waals surface area contributed by atoms with Crippen LogP contribution in [0.15, 0.2) is 48.8 Å². The lowest BCUT2D eigenvalue weighted by atomic mass is 10.1. The predicted octanol–water partition coefficient (Wildman–Crippen LogP) is 4.11. The number of para-hydroxylation sites is 1. The number of benzene rings is 2. The second-order valence-electron chi connectivity index (χ2n) is 7.61. The van der Waals surface area contributed by atoms with Gasteiger partial charge in [0.25, 0.3) is 0 Å². The Morgan fingerprint density at radius 1 is 0.893 bits per heavy atom. The van der Waals surface area contributed by atoms with E-state index in [1.165, 1.54) is 22.4 Å². The minimum atomic E-state index is 0.734. The Kier molecular flexibility index (Phi) is 5.33. The van der Waals surface area contributed by atoms with Crippen LogP contribution in [-0.4, -0.2) is 45.4 Å². The molecule has 3 aromatic rings. The van der Waals surface area contributed by atoms with Crippen molar-refractivity contribution in [3.8, 4) is 5.69 Å². The topological polar surface area (TPSA) is 29.2 Å². The molecule has 0 N–H and O–H groups in total. The third-order valence-corrected chi connectivity index (χ3v) is 5.92. The molecule has 1 fully saturated rings. The number of aryl methyl sites for hydroxylation is 3. The molecule has 5 nitrogen and oxygen atoms in total. The van der Waals surface area contributed by atoms with Crippen LogP contribution in [0.4, 0.5) is 5.69 Å². The van der Waals surface area contributed by atoms with Gasteiger partial charge in [-0.15, -0.1) is 0 Å². The number of aromatic nitrogens is 3. The first kappa shape index (κ1) is 18.9. The van der Waals surface area contributed by atoms with E-state index >= 15 is 0 Å². The first-order valence-electron chi connectivity index (χ1n) is 9.78. The summed E-state index contributed by atoms with van der Waals surface area (Å²) in [6.45, 7) is 11.2. The van der Waals surface area contributed by atoms with E-state index in [1.807, 2.05) is 15.6 Å². The zero-order valence-electron chi connectivity index (χ0n) is 16.8. The van der Waals surface area contributed by atoms with Gasteiger partial charge in [0.15, 0.2) is 0 Å². The van der Waals surface area contributed by atoms with Gasteiger partial charge in [0.2, 0.25) is 4.77 Å². The van der Waals surface area contributed by atoms with Crippen LogP contribution in [0.1, 0.15) is 16.7 Å². The van der Waals surface area contributed by atoms with E-state index in [0.29, 0.717) is 0 Å². The van der Waals surface area contributed by atoms with E-state index < -0.39 is 0 Å². The summed E-state index contributed by atoms with van der Waals surface area (Å²) in [5.74, 6) is 0. The van der Waals surface area contributed by atoms with Crippen LogP contribution >= 0.6 is 12.2 Å². The Hall–Kier alpha value is -2.44. The van der Waals surface area contributed by atoms with Crippen LogP contribution in [0.2, 0.25) is 0 Å². The number of hydrogen-bond acceptors (Lipinski definition) is 4. The zero-order valence-corrected chi connectivity index (χ0v) is 17.6. The van der Waals surface area contributed by atoms with Gasteiger partial charge in [0.05, 0.1) is 12.4 Å². The third kappa shape index (κ3) is 3.75. The molecular weight excluding hydrogens is 366 g/mol. The smallest absolute Gasteiger partial charge is 0.203 e. The molecule has 0 saturated carbocycles. The second kappa shape index (κ2) is 7.89. The maximum absolute atomic E-state index is 5.71. The van der Waals surface area contributed by atoms with Gasteiger partial charge in [-0.2, -0.15) is 5.10 Å². The Morgan fingerprint density at radius 2 is 1.64 bits per heavy atom. The lowest BCUT2D eigenvalue weighted by molar-refractivity contribution is 0.194. The average Bonchev–Trinajstić information content (AvgIpc) is 3.03. The van der Waals surface area contributed by atoms with Crippen molar-refractivity contribution in [1.29, 1.82) is 0 Å². The van der Waals surface area contributed by atoms with E-state index in [2.05, 4.69) is 78.1 Å². The Labute approximate surface area is 171 Å². The first-order chi connectivity index (χ1) is 13.5. The molecule has 2 heterocycles. The molecule has 4 rings (SSSR count). The van der Waals surface area contributed by atoms with E-state index in [0.717, 1.165) is 43.3 Å². The van der Waals surface area contributed by atoms with E-state index in [4.69, 9.17) is 12.2 Å². The van der Waals surface area contributed by atoms with E-state index in [9.17, 15) is 0 Å². The van der Waals surface area contributed by atoms with Crippen LogP contribution in [0.5, 0.6) is 0 Å². The summed E-state index contributed by atoms with van der Waals surface area (Å²) in [4.78, 5) is 4.89. The van der Waals surface area contributed by atoms with Gasteiger partial charge in [-0.3, -0.25) is 9.47 Å². The van der Waals surface area contributed by atoms with Crippen LogP contribution in [-0.2, 0) is 6.67 Å². The van der Waals surface area contributed by atoms with E-state index in [-0.39, 0.29) is 0 Å². The summed E-state index contributed by atoms with van der Waals surface area (Å²) in [6, 6.07) is 15.0. The number of rotatable bonds is 4. The molecule has 0 amide bonds. The van der Waals surface area contributed by atoms with Crippen molar-refractivity contribution >= 4 is 17.9 Å². The highest BCUT2D eigenvalue weighted by atomic mass is 32.1. The van der Waals surface area contributed by atoms with Crippen LogP contribution < -0.4 is 4.90 Å². The molecule has 0 radical (unpaired) electrons. The fraction of sp³-hybridized carbons (Fsp3) is 0.364. The molecule has 28 heavy (non-hydrogen) atoms. The summed E-state index contributed by atoms with van der Waals surface area (Å²) in [5, 5.41) is 4.56. The summed E-state index contributed by atoms with van der Waals surface area (Å²) < 4.78 is 4.68. The molecule has 1 aliphatic rings. The quantitative estimate of drug-likeness (QED) is 0.624. The monoisotopic (exact) mass is 393 g/mol. The summed E-state index contributed by atoms with van der Waals surface area (Å²) in [6.07, 6.45) is 1.84. The Balaban J connectivity index is 1.44. The lowest BCUT2D eigenvalue weighted by Gasteiger charge is -2.36. The van der Waals surface area contributed by atoms with Crippen LogP contribution in [0, 0.1) is 25.5 Å². The van der Waals surface area contributed by atoms with Gasteiger partial charge in [-0.1, -0.05) is 35.9 Å². The van der Waals surface area contributed by atoms with Gasteiger partial charge in [0, 0.05) is 31.9 Å². The molecule has 0 bridgehead atoms. The minimum absolute atomic E-state index is 0.734. The van der Waals surface area contributed by atoms with Crippen molar-refractivity contribution in [2.75, 3.05) is 31.1 Å². The van der Waals surface area contributed by atoms with Crippen molar-refractivity contribution in [1.82, 2.24) is 19.2 Å². The number of anilines is 1. The fourth-order valence-corrected chi connectivity index (χ4v) is 4.16. The SMILES string of the molecule is Cc1ccc(-n2cnn(CN3CCN(c4ccccc4C)CC3)c2=S)c(C)c1. The van der Waals surface area contributed by atoms with Crippen molar-refractivity contribution in [2.24, 2.45) is 0 Å². The lowest BCUT2D eigenvalue weighted by Crippen LogP contribution is -2.47. The molecule has 2 aromatic carbocycles. The third-order valence-electron chi connectivity index (χ3n) is 5.51. The van der Waals surface area contributed by atoms with Gasteiger partial charge in [-0.25, -0.2) is 4.68 Å². The van der Waals surface area contributed by atoms with Crippen molar-refractivity contribution in [2.45, 2.75) is 27.4 Å². The van der Waals surface area contributed by atoms with Crippen molar-refractivity contribution < 1.29 is 0 Å². The summed E-state index contributed by atoms with van der Waals surface area (Å²) >= 11 is 5.71. The average molecular weight is 394 g/mol. The Bertz CT molecular complexity index is 1030. The molecule has 1 aromatic heterocycles. The van der Waals surface area contributed by atoms with Gasteiger partial charge in [-0.05, 0) is 56.2 Å². The van der Waals surface area contributed by atoms with Crippen LogP contribution in [0.3, 0.4) is 0 Å². The summed E-state index contributed by atoms with van der Waals surface area (Å²) in [5.41, 5.74) is 6.25. The van der Waals surface area contributed by atoms with Gasteiger partial charge in [0.1, 0.15) is 6.33 Å². The maximum atomic E-state index is 5.71. The minimum Gasteiger partial charge on any atom is -0.369 e. The molecule has 6 heteroatoms. The molecule has 0 atom stereocenters. The number of piperazine rings is 1. The van der Waals surface area contributed by atoms with Crippen LogP contribution in [0.25, 0.3) is 5.69 Å². The highest BCUT2D eigenvalue weighted by Gasteiger charge is 2.19. The second-order valence-corrected chi connectivity index (χ2v) is 7.97. The maximum Gasteiger partial charge on any atom is 0.203 e. The molecular formula is C22H27N5S. The Morgan fingerprint density at radius 3 is 2.36 bits per heavy atom. The number of hydrogen-bond donors (Lipinski definition) is 0. The predicted molar refractivity (Wildman–Crippen MR) is 117 cm³/mol. The molecule has 146 valence electrons. The largest absolute Gasteiger partial charge is 0.369 e. The zero-order chi connectivity index (χ0) is 19.7. The molecule has 0 unspecified atom stereocenters. The normalized spacial score (nSPS) is 15.2. The fourth-order valence-electron chi connectivity index (χ4n) is 3.91. The first-order valence-corrected chi connectivity index (χ1v) is 10.2. The van der Waals surface area contributed by atoms with Gasteiger partial charge >= 0.3 is 0 Å². The standard InChI is InChI=1S/C22H27N5S/c1-17-8-9-21(19(3)14-17)26-15-23-27(22(26)28)16-24-10-12-25(13-11-24)20-7-5-4-6-18(20)2/h4-9,14-15H,10-13,16H2,1-3H3. The molecule has 1 saturated heterocycles. The summed E-state index contributed by atoms with van der Waals surface area (Å²) in [7, 11) is 0. The number of nitrogens with zero attached hydrogens (tertiary/aromatic N) is 5. The highest BCUT2D eigenvalue weighted by Crippen LogP contribution is 2.21. The molecule has 0 aliphatic carbocycles. The highest BCUT2D eigenvalue weighted by molar-refractivity contribution is 7.71. The van der Waals surface area contributed by atoms with E-state index in [1.54, 1.807) is 0 Å². The van der Waals surface area contributed by atoms with Crippen molar-refractivity contribution in [3.63, 3.8) is 0 Å². The molecule has 0 spiro atoms.